The van der Waals surface area contributed by atoms with E-state index in [9.17, 15) is 5.11 Å². The first-order valence-corrected chi connectivity index (χ1v) is 6.54. The van der Waals surface area contributed by atoms with Crippen molar-refractivity contribution in [1.29, 1.82) is 0 Å². The largest absolute Gasteiger partial charge is 0.396 e. The van der Waals surface area contributed by atoms with Gasteiger partial charge < -0.3 is 10.4 Å². The maximum Gasteiger partial charge on any atom is 0.0749 e. The van der Waals surface area contributed by atoms with Crippen LogP contribution in [0.1, 0.15) is 31.4 Å². The number of aliphatic hydroxyl groups is 1. The van der Waals surface area contributed by atoms with Crippen LogP contribution in [0.25, 0.3) is 10.9 Å². The van der Waals surface area contributed by atoms with E-state index in [0.717, 1.165) is 30.3 Å². The molecule has 0 spiro atoms. The number of hydrogen-bond donors (Lipinski definition) is 2. The summed E-state index contributed by atoms with van der Waals surface area (Å²) in [6.07, 6.45) is 3.62. The van der Waals surface area contributed by atoms with Crippen LogP contribution in [0, 0.1) is 0 Å². The lowest BCUT2D eigenvalue weighted by molar-refractivity contribution is 0.266. The fourth-order valence-electron chi connectivity index (χ4n) is 2.22. The summed E-state index contributed by atoms with van der Waals surface area (Å²) in [6, 6.07) is 10.4. The van der Waals surface area contributed by atoms with E-state index in [1.54, 1.807) is 0 Å². The third kappa shape index (κ3) is 2.86. The number of nitrogens with zero attached hydrogens (tertiary/aromatic N) is 1. The Bertz CT molecular complexity index is 493. The zero-order valence-corrected chi connectivity index (χ0v) is 10.8. The van der Waals surface area contributed by atoms with Crippen LogP contribution in [0.4, 0.5) is 0 Å². The molecule has 0 bridgehead atoms. The highest BCUT2D eigenvalue weighted by molar-refractivity contribution is 5.81. The molecule has 18 heavy (non-hydrogen) atoms. The normalized spacial score (nSPS) is 12.8. The Hall–Kier alpha value is -1.45. The van der Waals surface area contributed by atoms with E-state index in [4.69, 9.17) is 0 Å². The molecule has 0 fully saturated rings. The van der Waals surface area contributed by atoms with Gasteiger partial charge in [0, 0.05) is 24.2 Å². The van der Waals surface area contributed by atoms with E-state index in [1.165, 1.54) is 5.56 Å². The summed E-state index contributed by atoms with van der Waals surface area (Å²) in [6.45, 7) is 3.28. The number of fused-ring (bicyclic) bond motifs is 1. The van der Waals surface area contributed by atoms with Crippen molar-refractivity contribution in [3.05, 3.63) is 42.1 Å². The number of pyridine rings is 1. The minimum atomic E-state index is 0.175. The average Bonchev–Trinajstić information content (AvgIpc) is 2.43. The van der Waals surface area contributed by atoms with Crippen LogP contribution in [0.2, 0.25) is 0 Å². The summed E-state index contributed by atoms with van der Waals surface area (Å²) < 4.78 is 0. The number of nitrogens with one attached hydrogen (secondary N) is 1. The van der Waals surface area contributed by atoms with Crippen LogP contribution in [-0.2, 0) is 0 Å². The van der Waals surface area contributed by atoms with Crippen LogP contribution < -0.4 is 5.32 Å². The minimum Gasteiger partial charge on any atom is -0.396 e. The number of benzene rings is 1. The van der Waals surface area contributed by atoms with Crippen LogP contribution in [-0.4, -0.2) is 23.2 Å². The molecule has 0 aliphatic rings. The third-order valence-corrected chi connectivity index (χ3v) is 3.10. The van der Waals surface area contributed by atoms with Gasteiger partial charge >= 0.3 is 0 Å². The lowest BCUT2D eigenvalue weighted by Gasteiger charge is -2.19. The van der Waals surface area contributed by atoms with Gasteiger partial charge in [0.25, 0.3) is 0 Å². The van der Waals surface area contributed by atoms with Crippen molar-refractivity contribution in [3.8, 4) is 0 Å². The van der Waals surface area contributed by atoms with Crippen molar-refractivity contribution < 1.29 is 5.11 Å². The van der Waals surface area contributed by atoms with E-state index in [0.29, 0.717) is 0 Å². The highest BCUT2D eigenvalue weighted by Gasteiger charge is 2.13. The van der Waals surface area contributed by atoms with Crippen molar-refractivity contribution in [2.75, 3.05) is 13.2 Å². The SMILES string of the molecule is CCCNC(CCO)c1cccc2cccnc12. The molecule has 3 nitrogen and oxygen atoms in total. The molecule has 1 unspecified atom stereocenters. The van der Waals surface area contributed by atoms with E-state index in [1.807, 2.05) is 12.3 Å². The first-order chi connectivity index (χ1) is 8.86. The smallest absolute Gasteiger partial charge is 0.0749 e. The molecule has 2 rings (SSSR count). The predicted molar refractivity (Wildman–Crippen MR) is 74.5 cm³/mol. The zero-order valence-electron chi connectivity index (χ0n) is 10.8. The number of rotatable bonds is 6. The molecule has 0 saturated carbocycles. The lowest BCUT2D eigenvalue weighted by Crippen LogP contribution is -2.23. The highest BCUT2D eigenvalue weighted by Crippen LogP contribution is 2.24. The van der Waals surface area contributed by atoms with Gasteiger partial charge in [-0.1, -0.05) is 31.2 Å². The fourth-order valence-corrected chi connectivity index (χ4v) is 2.22. The first kappa shape index (κ1) is 13.0. The third-order valence-electron chi connectivity index (χ3n) is 3.10. The second-order valence-corrected chi connectivity index (χ2v) is 4.44. The van der Waals surface area contributed by atoms with Crippen LogP contribution in [0.5, 0.6) is 0 Å². The van der Waals surface area contributed by atoms with Crippen molar-refractivity contribution >= 4 is 10.9 Å². The highest BCUT2D eigenvalue weighted by atomic mass is 16.3. The van der Waals surface area contributed by atoms with Crippen molar-refractivity contribution in [1.82, 2.24) is 10.3 Å². The molecule has 0 aliphatic heterocycles. The Labute approximate surface area is 108 Å². The second kappa shape index (κ2) is 6.47. The predicted octanol–water partition coefficient (Wildman–Crippen LogP) is 2.66. The fraction of sp³-hybridized carbons (Fsp3) is 0.400. The number of aromatic nitrogens is 1. The molecule has 0 saturated heterocycles. The van der Waals surface area contributed by atoms with Gasteiger partial charge in [-0.3, -0.25) is 4.98 Å². The topological polar surface area (TPSA) is 45.1 Å². The number of aliphatic hydroxyl groups excluding tert-OH is 1. The van der Waals surface area contributed by atoms with Gasteiger partial charge in [0.1, 0.15) is 0 Å². The molecule has 96 valence electrons. The number of hydrogen-bond acceptors (Lipinski definition) is 3. The molecule has 2 aromatic rings. The molecule has 2 N–H and O–H groups in total. The summed E-state index contributed by atoms with van der Waals surface area (Å²) in [4.78, 5) is 4.47. The molecule has 0 amide bonds. The molecule has 1 heterocycles. The van der Waals surface area contributed by atoms with E-state index >= 15 is 0 Å². The van der Waals surface area contributed by atoms with Crippen molar-refractivity contribution in [2.45, 2.75) is 25.8 Å². The van der Waals surface area contributed by atoms with Gasteiger partial charge in [-0.2, -0.15) is 0 Å². The minimum absolute atomic E-state index is 0.175. The number of para-hydroxylation sites is 1. The van der Waals surface area contributed by atoms with Crippen LogP contribution in [0.3, 0.4) is 0 Å². The van der Waals surface area contributed by atoms with E-state index in [-0.39, 0.29) is 12.6 Å². The molecule has 0 aliphatic carbocycles. The molecule has 1 aromatic heterocycles. The Balaban J connectivity index is 2.36. The van der Waals surface area contributed by atoms with Gasteiger partial charge in [-0.25, -0.2) is 0 Å². The van der Waals surface area contributed by atoms with E-state index < -0.39 is 0 Å². The maximum absolute atomic E-state index is 9.21. The van der Waals surface area contributed by atoms with E-state index in [2.05, 4.69) is 41.5 Å². The maximum atomic E-state index is 9.21. The average molecular weight is 244 g/mol. The zero-order chi connectivity index (χ0) is 12.8. The standard InChI is InChI=1S/C15H20N2O/c1-2-9-16-14(8-11-18)13-7-3-5-12-6-4-10-17-15(12)13/h3-7,10,14,16,18H,2,8-9,11H2,1H3. The summed E-state index contributed by atoms with van der Waals surface area (Å²) >= 11 is 0. The van der Waals surface area contributed by atoms with Crippen LogP contribution >= 0.6 is 0 Å². The molecule has 1 aromatic carbocycles. The Kier molecular flexibility index (Phi) is 4.67. The van der Waals surface area contributed by atoms with Crippen molar-refractivity contribution in [3.63, 3.8) is 0 Å². The summed E-state index contributed by atoms with van der Waals surface area (Å²) in [7, 11) is 0. The van der Waals surface area contributed by atoms with Gasteiger partial charge in [0.05, 0.1) is 5.52 Å². The summed E-state index contributed by atoms with van der Waals surface area (Å²) in [5.41, 5.74) is 2.21. The van der Waals surface area contributed by atoms with Crippen molar-refractivity contribution in [2.24, 2.45) is 0 Å². The molecule has 3 heteroatoms. The monoisotopic (exact) mass is 244 g/mol. The lowest BCUT2D eigenvalue weighted by atomic mass is 10.0. The van der Waals surface area contributed by atoms with Gasteiger partial charge in [-0.15, -0.1) is 0 Å². The Morgan fingerprint density at radius 3 is 2.89 bits per heavy atom. The van der Waals surface area contributed by atoms with Gasteiger partial charge in [-0.05, 0) is 31.0 Å². The Morgan fingerprint density at radius 2 is 2.11 bits per heavy atom. The second-order valence-electron chi connectivity index (χ2n) is 4.44. The quantitative estimate of drug-likeness (QED) is 0.821. The van der Waals surface area contributed by atoms with Gasteiger partial charge in [0.2, 0.25) is 0 Å². The first-order valence-electron chi connectivity index (χ1n) is 6.54. The molecule has 0 radical (unpaired) electrons. The van der Waals surface area contributed by atoms with Crippen LogP contribution in [0.15, 0.2) is 36.5 Å². The summed E-state index contributed by atoms with van der Waals surface area (Å²) in [5.74, 6) is 0. The molecule has 1 atom stereocenters. The Morgan fingerprint density at radius 1 is 1.28 bits per heavy atom. The molecular weight excluding hydrogens is 224 g/mol. The van der Waals surface area contributed by atoms with Gasteiger partial charge in [0.15, 0.2) is 0 Å². The molecular formula is C15H20N2O. The summed E-state index contributed by atoms with van der Waals surface area (Å²) in [5, 5.41) is 13.8.